The van der Waals surface area contributed by atoms with Crippen LogP contribution in [0.1, 0.15) is 38.0 Å². The van der Waals surface area contributed by atoms with E-state index in [1.807, 2.05) is 13.0 Å². The Balaban J connectivity index is 1.33. The highest BCUT2D eigenvalue weighted by Gasteiger charge is 2.35. The molecule has 0 spiro atoms. The Morgan fingerprint density at radius 2 is 2.07 bits per heavy atom. The second kappa shape index (κ2) is 8.24. The van der Waals surface area contributed by atoms with Crippen LogP contribution >= 0.6 is 11.6 Å². The Kier molecular flexibility index (Phi) is 5.86. The van der Waals surface area contributed by atoms with Crippen molar-refractivity contribution in [3.8, 4) is 0 Å². The zero-order valence-electron chi connectivity index (χ0n) is 16.5. The summed E-state index contributed by atoms with van der Waals surface area (Å²) in [6.45, 7) is 4.36. The fourth-order valence-electron chi connectivity index (χ4n) is 4.37. The third-order valence-corrected chi connectivity index (χ3v) is 7.96. The molecule has 0 bridgehead atoms. The summed E-state index contributed by atoms with van der Waals surface area (Å²) in [7, 11) is -3.00. The van der Waals surface area contributed by atoms with Crippen LogP contribution in [-0.4, -0.2) is 72.8 Å². The summed E-state index contributed by atoms with van der Waals surface area (Å²) in [5, 5.41) is 0.640. The number of hydrogen-bond donors (Lipinski definition) is 0. The van der Waals surface area contributed by atoms with Crippen LogP contribution in [0.4, 0.5) is 0 Å². The van der Waals surface area contributed by atoms with E-state index in [4.69, 9.17) is 16.0 Å². The van der Waals surface area contributed by atoms with Gasteiger partial charge >= 0.3 is 0 Å². The van der Waals surface area contributed by atoms with Crippen molar-refractivity contribution >= 4 is 38.4 Å². The smallest absolute Gasteiger partial charge is 0.237 e. The molecule has 0 radical (unpaired) electrons. The molecule has 158 valence electrons. The van der Waals surface area contributed by atoms with Crippen molar-refractivity contribution in [2.24, 2.45) is 0 Å². The lowest BCUT2D eigenvalue weighted by atomic mass is 9.97. The Hall–Kier alpha value is -1.64. The molecular weight excluding hydrogens is 414 g/mol. The summed E-state index contributed by atoms with van der Waals surface area (Å²) in [5.41, 5.74) is 1.52. The average molecular weight is 440 g/mol. The molecule has 1 aromatic heterocycles. The molecule has 1 amide bonds. The molecule has 2 aliphatic rings. The minimum absolute atomic E-state index is 0.0181. The lowest BCUT2D eigenvalue weighted by Crippen LogP contribution is -2.47. The Labute approximate surface area is 175 Å². The number of hydrogen-bond acceptors (Lipinski definition) is 6. The number of benzene rings is 1. The van der Waals surface area contributed by atoms with Crippen molar-refractivity contribution in [3.63, 3.8) is 0 Å². The monoisotopic (exact) mass is 439 g/mol. The van der Waals surface area contributed by atoms with Crippen LogP contribution in [-0.2, 0) is 14.6 Å². The largest absolute Gasteiger partial charge is 0.440 e. The zero-order chi connectivity index (χ0) is 20.6. The molecule has 2 aromatic rings. The van der Waals surface area contributed by atoms with Crippen molar-refractivity contribution in [2.45, 2.75) is 38.1 Å². The predicted octanol–water partition coefficient (Wildman–Crippen LogP) is 2.70. The van der Waals surface area contributed by atoms with Gasteiger partial charge in [-0.3, -0.25) is 9.69 Å². The van der Waals surface area contributed by atoms with Crippen LogP contribution in [0.5, 0.6) is 0 Å². The van der Waals surface area contributed by atoms with Crippen LogP contribution in [0.25, 0.3) is 11.1 Å². The topological polar surface area (TPSA) is 83.7 Å². The minimum Gasteiger partial charge on any atom is -0.440 e. The van der Waals surface area contributed by atoms with Gasteiger partial charge in [-0.1, -0.05) is 11.6 Å². The first-order valence-corrected chi connectivity index (χ1v) is 12.3. The van der Waals surface area contributed by atoms with Gasteiger partial charge in [0.1, 0.15) is 5.52 Å². The molecule has 0 N–H and O–H groups in total. The van der Waals surface area contributed by atoms with E-state index in [9.17, 15) is 13.2 Å². The van der Waals surface area contributed by atoms with Gasteiger partial charge in [-0.05, 0) is 57.5 Å². The standard InChI is InChI=1S/C20H26ClN3O4S/c1-2-24(16-7-10-29(26,27)13-16)19(25)12-23-8-5-14(6-9-23)20-22-17-11-15(21)3-4-18(17)28-20/h3-4,11,14,16H,2,5-10,12-13H2,1H3. The molecule has 2 saturated heterocycles. The van der Waals surface area contributed by atoms with E-state index in [-0.39, 0.29) is 29.4 Å². The minimum atomic E-state index is -3.00. The summed E-state index contributed by atoms with van der Waals surface area (Å²) in [6.07, 6.45) is 2.29. The number of carbonyl (C=O) groups is 1. The van der Waals surface area contributed by atoms with Crippen LogP contribution < -0.4 is 0 Å². The number of likely N-dealkylation sites (tertiary alicyclic amines) is 1. The average Bonchev–Trinajstić information content (AvgIpc) is 3.25. The first kappa shape index (κ1) is 20.6. The normalized spacial score (nSPS) is 22.9. The quantitative estimate of drug-likeness (QED) is 0.712. The third-order valence-electron chi connectivity index (χ3n) is 5.97. The number of nitrogens with zero attached hydrogens (tertiary/aromatic N) is 3. The van der Waals surface area contributed by atoms with E-state index in [1.165, 1.54) is 0 Å². The maximum atomic E-state index is 12.8. The molecular formula is C20H26ClN3O4S. The molecule has 4 rings (SSSR count). The number of amides is 1. The Morgan fingerprint density at radius 1 is 1.31 bits per heavy atom. The van der Waals surface area contributed by atoms with Crippen molar-refractivity contribution in [3.05, 3.63) is 29.1 Å². The maximum Gasteiger partial charge on any atom is 0.237 e. The van der Waals surface area contributed by atoms with Gasteiger partial charge in [0.2, 0.25) is 5.91 Å². The number of aromatic nitrogens is 1. The summed E-state index contributed by atoms with van der Waals surface area (Å²) in [6, 6.07) is 5.26. The summed E-state index contributed by atoms with van der Waals surface area (Å²) in [5.74, 6) is 1.26. The molecule has 29 heavy (non-hydrogen) atoms. The van der Waals surface area contributed by atoms with Gasteiger partial charge in [-0.15, -0.1) is 0 Å². The Morgan fingerprint density at radius 3 is 2.72 bits per heavy atom. The van der Waals surface area contributed by atoms with Gasteiger partial charge in [0.25, 0.3) is 0 Å². The van der Waals surface area contributed by atoms with Crippen LogP contribution in [0.15, 0.2) is 22.6 Å². The molecule has 9 heteroatoms. The number of likely N-dealkylation sites (N-methyl/N-ethyl adjacent to an activating group) is 1. The van der Waals surface area contributed by atoms with Crippen molar-refractivity contribution in [1.29, 1.82) is 0 Å². The van der Waals surface area contributed by atoms with Gasteiger partial charge in [-0.25, -0.2) is 13.4 Å². The highest BCUT2D eigenvalue weighted by Crippen LogP contribution is 2.31. The van der Waals surface area contributed by atoms with E-state index in [2.05, 4.69) is 9.88 Å². The Bertz CT molecular complexity index is 998. The number of sulfone groups is 1. The second-order valence-electron chi connectivity index (χ2n) is 7.95. The summed E-state index contributed by atoms with van der Waals surface area (Å²) < 4.78 is 29.4. The highest BCUT2D eigenvalue weighted by molar-refractivity contribution is 7.91. The SMILES string of the molecule is CCN(C(=O)CN1CCC(c2nc3cc(Cl)ccc3o2)CC1)C1CCS(=O)(=O)C1. The summed E-state index contributed by atoms with van der Waals surface area (Å²) in [4.78, 5) is 21.3. The third kappa shape index (κ3) is 4.59. The first-order chi connectivity index (χ1) is 13.8. The van der Waals surface area contributed by atoms with Crippen LogP contribution in [0.2, 0.25) is 5.02 Å². The first-order valence-electron chi connectivity index (χ1n) is 10.1. The van der Waals surface area contributed by atoms with E-state index in [0.29, 0.717) is 24.5 Å². The number of rotatable bonds is 5. The number of fused-ring (bicyclic) bond motifs is 1. The van der Waals surface area contributed by atoms with Crippen molar-refractivity contribution in [2.75, 3.05) is 37.7 Å². The van der Waals surface area contributed by atoms with Gasteiger partial charge in [-0.2, -0.15) is 0 Å². The molecule has 2 fully saturated rings. The van der Waals surface area contributed by atoms with Gasteiger partial charge in [0, 0.05) is 23.5 Å². The lowest BCUT2D eigenvalue weighted by Gasteiger charge is -2.33. The molecule has 1 atom stereocenters. The van der Waals surface area contributed by atoms with Gasteiger partial charge in [0.15, 0.2) is 21.3 Å². The molecule has 3 heterocycles. The van der Waals surface area contributed by atoms with Gasteiger partial charge < -0.3 is 9.32 Å². The molecule has 1 unspecified atom stereocenters. The molecule has 0 saturated carbocycles. The van der Waals surface area contributed by atoms with E-state index in [1.54, 1.807) is 17.0 Å². The molecule has 7 nitrogen and oxygen atoms in total. The lowest BCUT2D eigenvalue weighted by molar-refractivity contribution is -0.134. The van der Waals surface area contributed by atoms with E-state index in [0.717, 1.165) is 42.9 Å². The number of piperidine rings is 1. The molecule has 1 aromatic carbocycles. The zero-order valence-corrected chi connectivity index (χ0v) is 18.1. The number of carbonyl (C=O) groups excluding carboxylic acids is 1. The van der Waals surface area contributed by atoms with E-state index >= 15 is 0 Å². The highest BCUT2D eigenvalue weighted by atomic mass is 35.5. The summed E-state index contributed by atoms with van der Waals surface area (Å²) >= 11 is 6.02. The van der Waals surface area contributed by atoms with Gasteiger partial charge in [0.05, 0.1) is 18.1 Å². The second-order valence-corrected chi connectivity index (χ2v) is 10.6. The number of oxazole rings is 1. The molecule has 0 aliphatic carbocycles. The van der Waals surface area contributed by atoms with E-state index < -0.39 is 9.84 Å². The number of halogens is 1. The van der Waals surface area contributed by atoms with Crippen molar-refractivity contribution in [1.82, 2.24) is 14.8 Å². The fourth-order valence-corrected chi connectivity index (χ4v) is 6.27. The van der Waals surface area contributed by atoms with Crippen LogP contribution in [0.3, 0.4) is 0 Å². The van der Waals surface area contributed by atoms with Crippen LogP contribution in [0, 0.1) is 0 Å². The van der Waals surface area contributed by atoms with Crippen molar-refractivity contribution < 1.29 is 17.6 Å². The molecule has 2 aliphatic heterocycles. The fraction of sp³-hybridized carbons (Fsp3) is 0.600. The maximum absolute atomic E-state index is 12.8. The predicted molar refractivity (Wildman–Crippen MR) is 112 cm³/mol.